The van der Waals surface area contributed by atoms with Gasteiger partial charge in [0.05, 0.1) is 41.7 Å². The molecule has 0 spiro atoms. The monoisotopic (exact) mass is 1470 g/mol. The second kappa shape index (κ2) is 37.7. The van der Waals surface area contributed by atoms with Crippen LogP contribution in [-0.4, -0.2) is 137 Å². The van der Waals surface area contributed by atoms with E-state index in [2.05, 4.69) is 69.5 Å². The molecule has 103 heavy (non-hydrogen) atoms. The zero-order chi connectivity index (χ0) is 74.6. The third kappa shape index (κ3) is 21.4. The minimum absolute atomic E-state index is 0.00835. The fourth-order valence-corrected chi connectivity index (χ4v) is 14.8. The molecule has 1 unspecified atom stereocenters. The maximum absolute atomic E-state index is 13.1. The number of halogens is 1. The number of amidine groups is 4. The predicted molar refractivity (Wildman–Crippen MR) is 449 cm³/mol. The van der Waals surface area contributed by atoms with Crippen molar-refractivity contribution in [2.24, 2.45) is 20.0 Å². The van der Waals surface area contributed by atoms with Crippen LogP contribution >= 0.6 is 58.6 Å². The van der Waals surface area contributed by atoms with Crippen LogP contribution in [0.15, 0.2) is 228 Å². The summed E-state index contributed by atoms with van der Waals surface area (Å²) in [6.45, 7) is 21.0. The standard InChI is InChI=1S/C22H25N3OS.C21H22ClN3OS.C21H23N3OS.C18H23N3OS/c1-5-16(2)23-22-25(19-9-7-6-8-10-19)21(26)20(27-22)15-17-11-13-18(14-12-17)24(3)4;1-14(2)23-21-25(18-8-6-5-7-17(18)22)20(26)19(27-21)13-15-9-11-16(12-10-15)24(3)4;1-5-22-21-24(18-9-7-6-8-15(18)2)20(25)19(26-21)14-16-10-12-17(13-11-16)23(3)4;1-6-11-21-17(22)16(23-18(21)19-13(2)3)12-14-7-9-15(10-8-14)20(4)5/h6-16H,5H2,1-4H3;5-14H,1-4H3;6-14H,5H2,1-4H3;6-10,12-13H,1,11H2,2-5H3/b20-15-,23-22?;19-13-,23-21?;19-14-,22-21?;16-12-,19-18?. The average molecular weight is 1470 g/mol. The van der Waals surface area contributed by atoms with E-state index >= 15 is 0 Å². The summed E-state index contributed by atoms with van der Waals surface area (Å²) in [6.07, 6.45) is 10.4. The molecule has 4 fully saturated rings. The first-order chi connectivity index (χ1) is 49.3. The largest absolute Gasteiger partial charge is 0.378 e. The molecule has 0 bridgehead atoms. The van der Waals surface area contributed by atoms with E-state index in [0.29, 0.717) is 48.6 Å². The number of thioether (sulfide) groups is 4. The fraction of sp³-hybridized carbons (Fsp3) is 0.268. The highest BCUT2D eigenvalue weighted by Gasteiger charge is 2.38. The van der Waals surface area contributed by atoms with Gasteiger partial charge in [-0.2, -0.15) is 0 Å². The number of benzene rings is 7. The van der Waals surface area contributed by atoms with Crippen LogP contribution in [0.4, 0.5) is 39.8 Å². The van der Waals surface area contributed by atoms with Crippen LogP contribution in [0, 0.1) is 6.92 Å². The van der Waals surface area contributed by atoms with E-state index < -0.39 is 0 Å². The molecule has 0 N–H and O–H groups in total. The lowest BCUT2D eigenvalue weighted by atomic mass is 10.1. The molecule has 4 aliphatic heterocycles. The van der Waals surface area contributed by atoms with Gasteiger partial charge in [-0.05, 0) is 233 Å². The third-order valence-corrected chi connectivity index (χ3v) is 20.2. The Labute approximate surface area is 631 Å². The summed E-state index contributed by atoms with van der Waals surface area (Å²) >= 11 is 12.0. The molecule has 4 aliphatic rings. The van der Waals surface area contributed by atoms with E-state index in [9.17, 15) is 19.2 Å². The van der Waals surface area contributed by atoms with Crippen molar-refractivity contribution in [2.75, 3.05) is 104 Å². The van der Waals surface area contributed by atoms with E-state index in [0.717, 1.165) is 83.9 Å². The lowest BCUT2D eigenvalue weighted by Gasteiger charge is -2.17. The summed E-state index contributed by atoms with van der Waals surface area (Å²) in [5.74, 6) is -0.159. The lowest BCUT2D eigenvalue weighted by molar-refractivity contribution is -0.122. The fourth-order valence-electron chi connectivity index (χ4n) is 10.2. The zero-order valence-electron chi connectivity index (χ0n) is 61.7. The van der Waals surface area contributed by atoms with E-state index in [4.69, 9.17) is 16.6 Å². The number of carbonyl (C=O) groups is 4. The van der Waals surface area contributed by atoms with Gasteiger partial charge in [0, 0.05) is 110 Å². The van der Waals surface area contributed by atoms with Gasteiger partial charge in [-0.25, -0.2) is 0 Å². The Kier molecular flexibility index (Phi) is 29.1. The minimum atomic E-state index is -0.107. The molecule has 7 aromatic carbocycles. The Hall–Kier alpha value is -9.31. The number of hydrogen-bond acceptors (Lipinski definition) is 16. The van der Waals surface area contributed by atoms with Gasteiger partial charge in [-0.1, -0.05) is 122 Å². The first kappa shape index (κ1) is 79.4. The second-order valence-corrected chi connectivity index (χ2v) is 30.0. The first-order valence-electron chi connectivity index (χ1n) is 34.1. The summed E-state index contributed by atoms with van der Waals surface area (Å²) in [7, 11) is 16.1. The zero-order valence-corrected chi connectivity index (χ0v) is 65.7. The number of aliphatic imine (C=N–C) groups is 4. The van der Waals surface area contributed by atoms with Gasteiger partial charge in [0.25, 0.3) is 23.6 Å². The van der Waals surface area contributed by atoms with Gasteiger partial charge in [0.1, 0.15) is 0 Å². The molecule has 536 valence electrons. The van der Waals surface area contributed by atoms with Crippen molar-refractivity contribution < 1.29 is 19.2 Å². The van der Waals surface area contributed by atoms with Crippen LogP contribution < -0.4 is 34.3 Å². The quantitative estimate of drug-likeness (QED) is 0.0596. The Morgan fingerprint density at radius 2 is 0.777 bits per heavy atom. The minimum Gasteiger partial charge on any atom is -0.378 e. The molecule has 7 aromatic rings. The molecule has 0 aromatic heterocycles. The van der Waals surface area contributed by atoms with Crippen LogP contribution in [0.25, 0.3) is 24.3 Å². The number of anilines is 7. The maximum atomic E-state index is 13.1. The summed E-state index contributed by atoms with van der Waals surface area (Å²) < 4.78 is 0. The van der Waals surface area contributed by atoms with Crippen LogP contribution in [0.3, 0.4) is 0 Å². The van der Waals surface area contributed by atoms with E-state index in [1.54, 1.807) is 31.7 Å². The van der Waals surface area contributed by atoms with Crippen molar-refractivity contribution in [3.8, 4) is 0 Å². The number of hydrogen-bond donors (Lipinski definition) is 0. The third-order valence-electron chi connectivity index (χ3n) is 15.9. The molecule has 21 heteroatoms. The molecule has 0 radical (unpaired) electrons. The highest BCUT2D eigenvalue weighted by atomic mass is 35.5. The maximum Gasteiger partial charge on any atom is 0.271 e. The molecule has 4 saturated heterocycles. The average Bonchev–Trinajstić information content (AvgIpc) is 1.66. The summed E-state index contributed by atoms with van der Waals surface area (Å²) in [5, 5.41) is 3.42. The van der Waals surface area contributed by atoms with Crippen molar-refractivity contribution in [3.05, 3.63) is 241 Å². The van der Waals surface area contributed by atoms with E-state index in [1.807, 2.05) is 278 Å². The van der Waals surface area contributed by atoms with Crippen molar-refractivity contribution in [3.63, 3.8) is 0 Å². The highest BCUT2D eigenvalue weighted by Crippen LogP contribution is 2.42. The SMILES string of the molecule is C=CCN1C(=O)/C(=C/c2ccc(N(C)C)cc2)SC1=NC(C)C.CC(C)N=C1S/C(=C\c2ccc(N(C)C)cc2)C(=O)N1c1ccccc1Cl.CCC(C)N=C1S/C(=C\c2ccc(N(C)C)cc2)C(=O)N1c1ccccc1.CCN=C1S/C(=C\c2ccc(N(C)C)cc2)C(=O)N1c1ccccc1C. The van der Waals surface area contributed by atoms with Gasteiger partial charge >= 0.3 is 0 Å². The van der Waals surface area contributed by atoms with Gasteiger partial charge in [-0.3, -0.25) is 58.7 Å². The number of amides is 4. The van der Waals surface area contributed by atoms with Gasteiger partial charge in [0.15, 0.2) is 20.7 Å². The first-order valence-corrected chi connectivity index (χ1v) is 37.7. The molecule has 11 rings (SSSR count). The van der Waals surface area contributed by atoms with Gasteiger partial charge in [-0.15, -0.1) is 6.58 Å². The molecule has 0 saturated carbocycles. The number of carbonyl (C=O) groups excluding carboxylic acids is 4. The van der Waals surface area contributed by atoms with Crippen molar-refractivity contribution in [1.82, 2.24) is 4.90 Å². The second-order valence-electron chi connectivity index (χ2n) is 25.5. The number of aryl methyl sites for hydroxylation is 1. The van der Waals surface area contributed by atoms with Crippen LogP contribution in [0.2, 0.25) is 5.02 Å². The number of rotatable bonds is 18. The summed E-state index contributed by atoms with van der Waals surface area (Å²) in [4.78, 5) is 88.0. The number of nitrogens with zero attached hydrogens (tertiary/aromatic N) is 12. The molecule has 4 amide bonds. The summed E-state index contributed by atoms with van der Waals surface area (Å²) in [5.41, 5.74) is 12.0. The van der Waals surface area contributed by atoms with Crippen LogP contribution in [-0.2, 0) is 19.2 Å². The van der Waals surface area contributed by atoms with Gasteiger partial charge in [0.2, 0.25) is 0 Å². The Morgan fingerprint density at radius 1 is 0.427 bits per heavy atom. The van der Waals surface area contributed by atoms with Crippen molar-refractivity contribution >= 4 is 167 Å². The van der Waals surface area contributed by atoms with E-state index in [-0.39, 0.29) is 41.8 Å². The van der Waals surface area contributed by atoms with Crippen LogP contribution in [0.1, 0.15) is 82.7 Å². The topological polar surface area (TPSA) is 144 Å². The van der Waals surface area contributed by atoms with Crippen molar-refractivity contribution in [2.45, 2.75) is 79.9 Å². The molecule has 4 heterocycles. The Morgan fingerprint density at radius 3 is 1.17 bits per heavy atom. The smallest absolute Gasteiger partial charge is 0.271 e. The normalized spacial score (nSPS) is 17.9. The summed E-state index contributed by atoms with van der Waals surface area (Å²) in [6, 6.07) is 57.9. The van der Waals surface area contributed by atoms with E-state index in [1.165, 1.54) is 47.0 Å². The lowest BCUT2D eigenvalue weighted by Crippen LogP contribution is -2.29. The van der Waals surface area contributed by atoms with Gasteiger partial charge < -0.3 is 19.6 Å². The molecule has 0 aliphatic carbocycles. The predicted octanol–water partition coefficient (Wildman–Crippen LogP) is 18.5. The molecular formula is C82H93ClN12O4S4. The Balaban J connectivity index is 0.000000174. The molecular weight excluding hydrogens is 1380 g/mol. The van der Waals surface area contributed by atoms with Crippen molar-refractivity contribution in [1.29, 1.82) is 0 Å². The Bertz CT molecular complexity index is 4390. The number of para-hydroxylation sites is 3. The van der Waals surface area contributed by atoms with Crippen LogP contribution in [0.5, 0.6) is 0 Å². The highest BCUT2D eigenvalue weighted by molar-refractivity contribution is 8.20. The molecule has 16 nitrogen and oxygen atoms in total. The molecule has 1 atom stereocenters.